The first-order valence-corrected chi connectivity index (χ1v) is 6.10. The Balaban J connectivity index is 1.91. The molecule has 0 aromatic heterocycles. The third-order valence-electron chi connectivity index (χ3n) is 3.28. The molecule has 5 heteroatoms. The fourth-order valence-electron chi connectivity index (χ4n) is 2.30. The van der Waals surface area contributed by atoms with E-state index in [4.69, 9.17) is 5.73 Å². The van der Waals surface area contributed by atoms with E-state index >= 15 is 0 Å². The molecule has 0 aromatic carbocycles. The largest absolute Gasteiger partial charge is 0.370 e. The Morgan fingerprint density at radius 2 is 2.12 bits per heavy atom. The summed E-state index contributed by atoms with van der Waals surface area (Å²) >= 11 is 0. The number of nitrogens with zero attached hydrogens (tertiary/aromatic N) is 2. The second-order valence-electron chi connectivity index (χ2n) is 4.51. The second kappa shape index (κ2) is 5.18. The number of nitrogens with one attached hydrogen (secondary N) is 1. The van der Waals surface area contributed by atoms with Crippen molar-refractivity contribution >= 4 is 11.9 Å². The van der Waals surface area contributed by atoms with Crippen molar-refractivity contribution in [3.05, 3.63) is 0 Å². The highest BCUT2D eigenvalue weighted by Crippen LogP contribution is 2.20. The number of carbonyl (C=O) groups is 1. The van der Waals surface area contributed by atoms with Gasteiger partial charge in [-0.2, -0.15) is 0 Å². The van der Waals surface area contributed by atoms with Crippen LogP contribution in [0.15, 0.2) is 4.99 Å². The van der Waals surface area contributed by atoms with Gasteiger partial charge in [0.15, 0.2) is 5.96 Å². The molecule has 1 saturated carbocycles. The first-order chi connectivity index (χ1) is 7.75. The van der Waals surface area contributed by atoms with Crippen LogP contribution in [0.5, 0.6) is 0 Å². The van der Waals surface area contributed by atoms with Crippen molar-refractivity contribution in [1.82, 2.24) is 10.2 Å². The maximum atomic E-state index is 11.2. The summed E-state index contributed by atoms with van der Waals surface area (Å²) in [6, 6.07) is 0.409. The van der Waals surface area contributed by atoms with Gasteiger partial charge in [-0.15, -0.1) is 0 Å². The van der Waals surface area contributed by atoms with E-state index in [1.807, 2.05) is 4.90 Å². The molecule has 0 atom stereocenters. The number of aliphatic imine (C=N–C) groups is 1. The molecule has 1 aliphatic carbocycles. The summed E-state index contributed by atoms with van der Waals surface area (Å²) in [7, 11) is 0. The van der Waals surface area contributed by atoms with E-state index in [1.165, 1.54) is 12.8 Å². The summed E-state index contributed by atoms with van der Waals surface area (Å²) in [4.78, 5) is 17.7. The molecule has 0 bridgehead atoms. The topological polar surface area (TPSA) is 70.7 Å². The monoisotopic (exact) mass is 224 g/mol. The number of nitrogens with two attached hydrogens (primary N) is 1. The van der Waals surface area contributed by atoms with Crippen LogP contribution in [0.3, 0.4) is 0 Å². The maximum absolute atomic E-state index is 11.2. The van der Waals surface area contributed by atoms with Crippen LogP contribution in [-0.4, -0.2) is 42.4 Å². The van der Waals surface area contributed by atoms with E-state index < -0.39 is 0 Å². The lowest BCUT2D eigenvalue weighted by molar-refractivity contribution is -0.120. The van der Waals surface area contributed by atoms with E-state index in [9.17, 15) is 4.79 Å². The zero-order valence-electron chi connectivity index (χ0n) is 9.61. The highest BCUT2D eigenvalue weighted by Gasteiger charge is 2.18. The third-order valence-corrected chi connectivity index (χ3v) is 3.28. The highest BCUT2D eigenvalue weighted by molar-refractivity contribution is 5.81. The number of hydrogen-bond donors (Lipinski definition) is 2. The van der Waals surface area contributed by atoms with Crippen LogP contribution >= 0.6 is 0 Å². The van der Waals surface area contributed by atoms with Gasteiger partial charge in [-0.25, -0.2) is 4.99 Å². The summed E-state index contributed by atoms with van der Waals surface area (Å²) in [5.74, 6) is 0.722. The molecule has 1 heterocycles. The summed E-state index contributed by atoms with van der Waals surface area (Å²) in [6.07, 6.45) is 5.36. The van der Waals surface area contributed by atoms with Crippen LogP contribution in [0.25, 0.3) is 0 Å². The fraction of sp³-hybridized carbons (Fsp3) is 0.818. The molecule has 1 saturated heterocycles. The number of hydrogen-bond acceptors (Lipinski definition) is 2. The van der Waals surface area contributed by atoms with Gasteiger partial charge >= 0.3 is 0 Å². The van der Waals surface area contributed by atoms with Crippen LogP contribution in [0.4, 0.5) is 0 Å². The lowest BCUT2D eigenvalue weighted by atomic mass is 10.3. The van der Waals surface area contributed by atoms with Crippen LogP contribution in [-0.2, 0) is 4.79 Å². The third kappa shape index (κ3) is 2.87. The quantitative estimate of drug-likeness (QED) is 0.489. The molecule has 90 valence electrons. The molecule has 0 radical (unpaired) electrons. The van der Waals surface area contributed by atoms with Gasteiger partial charge in [0.1, 0.15) is 0 Å². The van der Waals surface area contributed by atoms with Crippen molar-refractivity contribution < 1.29 is 4.79 Å². The summed E-state index contributed by atoms with van der Waals surface area (Å²) < 4.78 is 0. The average molecular weight is 224 g/mol. The van der Waals surface area contributed by atoms with Gasteiger partial charge in [0, 0.05) is 26.1 Å². The zero-order valence-corrected chi connectivity index (χ0v) is 9.61. The van der Waals surface area contributed by atoms with Crippen molar-refractivity contribution in [3.8, 4) is 0 Å². The molecule has 2 fully saturated rings. The maximum Gasteiger partial charge on any atom is 0.221 e. The first-order valence-electron chi connectivity index (χ1n) is 6.10. The number of amides is 1. The number of carbonyl (C=O) groups excluding carboxylic acids is 1. The molecule has 5 nitrogen and oxygen atoms in total. The van der Waals surface area contributed by atoms with Crippen LogP contribution in [0, 0.1) is 0 Å². The van der Waals surface area contributed by atoms with Crippen molar-refractivity contribution in [2.45, 2.75) is 38.1 Å². The molecule has 0 spiro atoms. The molecule has 2 aliphatic rings. The van der Waals surface area contributed by atoms with Gasteiger partial charge in [0.25, 0.3) is 0 Å². The van der Waals surface area contributed by atoms with E-state index in [-0.39, 0.29) is 5.91 Å². The van der Waals surface area contributed by atoms with Crippen LogP contribution in [0.1, 0.15) is 32.1 Å². The second-order valence-corrected chi connectivity index (χ2v) is 4.51. The molecule has 3 N–H and O–H groups in total. The SMILES string of the molecule is NC(=NC1CCCC1)N1CCNC(=O)CC1. The van der Waals surface area contributed by atoms with Crippen molar-refractivity contribution in [1.29, 1.82) is 0 Å². The van der Waals surface area contributed by atoms with E-state index in [1.54, 1.807) is 0 Å². The Morgan fingerprint density at radius 1 is 1.38 bits per heavy atom. The smallest absolute Gasteiger partial charge is 0.221 e. The fourth-order valence-corrected chi connectivity index (χ4v) is 2.30. The Kier molecular flexibility index (Phi) is 3.64. The standard InChI is InChI=1S/C11H20N4O/c12-11(14-9-3-1-2-4-9)15-7-5-10(16)13-6-8-15/h9H,1-8H2,(H2,12,14)(H,13,16). The van der Waals surface area contributed by atoms with E-state index in [0.29, 0.717) is 31.5 Å². The summed E-state index contributed by atoms with van der Waals surface area (Å²) in [5.41, 5.74) is 5.98. The molecule has 2 rings (SSSR count). The normalized spacial score (nSPS) is 24.4. The van der Waals surface area contributed by atoms with Gasteiger partial charge in [0.05, 0.1) is 6.04 Å². The summed E-state index contributed by atoms with van der Waals surface area (Å²) in [6.45, 7) is 2.13. The Hall–Kier alpha value is -1.26. The minimum Gasteiger partial charge on any atom is -0.370 e. The zero-order chi connectivity index (χ0) is 11.4. The Morgan fingerprint density at radius 3 is 2.88 bits per heavy atom. The van der Waals surface area contributed by atoms with Gasteiger partial charge in [-0.1, -0.05) is 12.8 Å². The van der Waals surface area contributed by atoms with Crippen molar-refractivity contribution in [3.63, 3.8) is 0 Å². The molecule has 0 unspecified atom stereocenters. The van der Waals surface area contributed by atoms with Crippen molar-refractivity contribution in [2.24, 2.45) is 10.7 Å². The lowest BCUT2D eigenvalue weighted by Crippen LogP contribution is -2.40. The Bertz CT molecular complexity index is 284. The van der Waals surface area contributed by atoms with Gasteiger partial charge in [-0.3, -0.25) is 4.79 Å². The van der Waals surface area contributed by atoms with Gasteiger partial charge in [-0.05, 0) is 12.8 Å². The molecule has 1 amide bonds. The molecular formula is C11H20N4O. The summed E-state index contributed by atoms with van der Waals surface area (Å²) in [5, 5.41) is 2.83. The predicted octanol–water partition coefficient (Wildman–Crippen LogP) is 0.0656. The average Bonchev–Trinajstić information content (AvgIpc) is 2.66. The van der Waals surface area contributed by atoms with Gasteiger partial charge in [0.2, 0.25) is 5.91 Å². The van der Waals surface area contributed by atoms with Crippen LogP contribution in [0.2, 0.25) is 0 Å². The van der Waals surface area contributed by atoms with Crippen LogP contribution < -0.4 is 11.1 Å². The van der Waals surface area contributed by atoms with Gasteiger partial charge < -0.3 is 16.0 Å². The Labute approximate surface area is 96.1 Å². The number of rotatable bonds is 1. The van der Waals surface area contributed by atoms with E-state index in [2.05, 4.69) is 10.3 Å². The molecule has 16 heavy (non-hydrogen) atoms. The minimum atomic E-state index is 0.108. The first kappa shape index (κ1) is 11.2. The highest BCUT2D eigenvalue weighted by atomic mass is 16.1. The van der Waals surface area contributed by atoms with Crippen molar-refractivity contribution in [2.75, 3.05) is 19.6 Å². The molecular weight excluding hydrogens is 204 g/mol. The number of guanidine groups is 1. The predicted molar refractivity (Wildman–Crippen MR) is 63.1 cm³/mol. The minimum absolute atomic E-state index is 0.108. The van der Waals surface area contributed by atoms with E-state index in [0.717, 1.165) is 19.4 Å². The molecule has 1 aliphatic heterocycles. The molecule has 0 aromatic rings. The lowest BCUT2D eigenvalue weighted by Gasteiger charge is -2.21.